The van der Waals surface area contributed by atoms with Gasteiger partial charge in [0.2, 0.25) is 0 Å². The van der Waals surface area contributed by atoms with Crippen LogP contribution in [-0.4, -0.2) is 18.1 Å². The standard InChI is InChI=1S/C21H16N2O2/c1-25-21(24)11-10-15-6-8-16(9-7-15)12-17(13-22)19-14-23-20-5-3-2-4-18(19)20/h2-12,14,23H,1H3/b11-10+,17-12+. The second-order valence-corrected chi connectivity index (χ2v) is 5.44. The monoisotopic (exact) mass is 328 g/mol. The number of esters is 1. The maximum absolute atomic E-state index is 11.1. The number of aromatic nitrogens is 1. The molecule has 1 heterocycles. The normalized spacial score (nSPS) is 11.6. The predicted octanol–water partition coefficient (Wildman–Crippen LogP) is 4.42. The lowest BCUT2D eigenvalue weighted by Gasteiger charge is -2.00. The molecule has 0 unspecified atom stereocenters. The summed E-state index contributed by atoms with van der Waals surface area (Å²) in [4.78, 5) is 14.3. The summed E-state index contributed by atoms with van der Waals surface area (Å²) in [5.41, 5.74) is 4.27. The van der Waals surface area contributed by atoms with Gasteiger partial charge in [0, 0.05) is 28.7 Å². The van der Waals surface area contributed by atoms with Crippen molar-refractivity contribution in [3.8, 4) is 6.07 Å². The third kappa shape index (κ3) is 3.67. The number of ether oxygens (including phenoxy) is 1. The third-order valence-corrected chi connectivity index (χ3v) is 3.86. The molecule has 0 aliphatic carbocycles. The molecule has 4 nitrogen and oxygen atoms in total. The molecule has 0 radical (unpaired) electrons. The summed E-state index contributed by atoms with van der Waals surface area (Å²) in [6.45, 7) is 0. The van der Waals surface area contributed by atoms with Crippen molar-refractivity contribution in [1.29, 1.82) is 5.26 Å². The number of para-hydroxylation sites is 1. The Balaban J connectivity index is 1.89. The van der Waals surface area contributed by atoms with Crippen molar-refractivity contribution in [2.24, 2.45) is 0 Å². The Morgan fingerprint density at radius 3 is 2.56 bits per heavy atom. The van der Waals surface area contributed by atoms with Crippen LogP contribution in [0.15, 0.2) is 60.8 Å². The number of allylic oxidation sites excluding steroid dienone is 1. The SMILES string of the molecule is COC(=O)/C=C/c1ccc(/C=C(\C#N)c2c[nH]c3ccccc23)cc1. The highest BCUT2D eigenvalue weighted by Crippen LogP contribution is 2.26. The van der Waals surface area contributed by atoms with E-state index in [0.717, 1.165) is 27.6 Å². The number of benzene rings is 2. The van der Waals surface area contributed by atoms with E-state index < -0.39 is 5.97 Å². The number of hydrogen-bond donors (Lipinski definition) is 1. The van der Waals surface area contributed by atoms with E-state index in [4.69, 9.17) is 0 Å². The van der Waals surface area contributed by atoms with Crippen LogP contribution < -0.4 is 0 Å². The van der Waals surface area contributed by atoms with E-state index in [9.17, 15) is 10.1 Å². The second kappa shape index (κ2) is 7.33. The molecule has 0 saturated carbocycles. The highest BCUT2D eigenvalue weighted by molar-refractivity contribution is 6.01. The van der Waals surface area contributed by atoms with Crippen molar-refractivity contribution in [3.63, 3.8) is 0 Å². The molecule has 3 aromatic rings. The lowest BCUT2D eigenvalue weighted by atomic mass is 10.0. The van der Waals surface area contributed by atoms with Gasteiger partial charge in [0.1, 0.15) is 0 Å². The molecule has 2 aromatic carbocycles. The maximum atomic E-state index is 11.1. The fraction of sp³-hybridized carbons (Fsp3) is 0.0476. The summed E-state index contributed by atoms with van der Waals surface area (Å²) in [6.07, 6.45) is 6.76. The molecule has 3 rings (SSSR count). The zero-order chi connectivity index (χ0) is 17.6. The molecular formula is C21H16N2O2. The molecule has 0 saturated heterocycles. The Hall–Kier alpha value is -3.58. The van der Waals surface area contributed by atoms with Crippen molar-refractivity contribution in [2.45, 2.75) is 0 Å². The van der Waals surface area contributed by atoms with E-state index in [2.05, 4.69) is 15.8 Å². The molecule has 25 heavy (non-hydrogen) atoms. The minimum absolute atomic E-state index is 0.393. The molecule has 1 N–H and O–H groups in total. The first-order chi connectivity index (χ1) is 12.2. The Kier molecular flexibility index (Phi) is 4.77. The summed E-state index contributed by atoms with van der Waals surface area (Å²) in [6, 6.07) is 17.7. The molecule has 0 amide bonds. The second-order valence-electron chi connectivity index (χ2n) is 5.44. The number of methoxy groups -OCH3 is 1. The number of carbonyl (C=O) groups is 1. The molecule has 0 aliphatic rings. The molecule has 0 fully saturated rings. The van der Waals surface area contributed by atoms with Gasteiger partial charge in [-0.2, -0.15) is 5.26 Å². The molecular weight excluding hydrogens is 312 g/mol. The molecule has 0 aliphatic heterocycles. The number of nitrogens with zero attached hydrogens (tertiary/aromatic N) is 1. The molecule has 0 bridgehead atoms. The molecule has 1 aromatic heterocycles. The quantitative estimate of drug-likeness (QED) is 0.438. The van der Waals surface area contributed by atoms with Crippen molar-refractivity contribution in [1.82, 2.24) is 4.98 Å². The van der Waals surface area contributed by atoms with Gasteiger partial charge in [0.25, 0.3) is 0 Å². The van der Waals surface area contributed by atoms with Gasteiger partial charge >= 0.3 is 5.97 Å². The zero-order valence-electron chi connectivity index (χ0n) is 13.7. The van der Waals surface area contributed by atoms with Crippen LogP contribution in [0.3, 0.4) is 0 Å². The average Bonchev–Trinajstić information content (AvgIpc) is 3.09. The molecule has 4 heteroatoms. The van der Waals surface area contributed by atoms with Crippen LogP contribution in [0, 0.1) is 11.3 Å². The first-order valence-corrected chi connectivity index (χ1v) is 7.75. The Bertz CT molecular complexity index is 1000. The smallest absolute Gasteiger partial charge is 0.330 e. The van der Waals surface area contributed by atoms with E-state index in [-0.39, 0.29) is 0 Å². The van der Waals surface area contributed by atoms with Crippen LogP contribution in [0.5, 0.6) is 0 Å². The molecule has 122 valence electrons. The Labute approximate surface area is 145 Å². The topological polar surface area (TPSA) is 65.9 Å². The van der Waals surface area contributed by atoms with Crippen LogP contribution >= 0.6 is 0 Å². The van der Waals surface area contributed by atoms with Crippen molar-refractivity contribution >= 4 is 34.6 Å². The minimum Gasteiger partial charge on any atom is -0.466 e. The number of hydrogen-bond acceptors (Lipinski definition) is 3. The fourth-order valence-electron chi connectivity index (χ4n) is 2.57. The van der Waals surface area contributed by atoms with Gasteiger partial charge in [-0.25, -0.2) is 4.79 Å². The number of fused-ring (bicyclic) bond motifs is 1. The molecule has 0 spiro atoms. The maximum Gasteiger partial charge on any atom is 0.330 e. The van der Waals surface area contributed by atoms with Crippen LogP contribution in [0.2, 0.25) is 0 Å². The van der Waals surface area contributed by atoms with Crippen molar-refractivity contribution in [2.75, 3.05) is 7.11 Å². The van der Waals surface area contributed by atoms with Crippen molar-refractivity contribution < 1.29 is 9.53 Å². The van der Waals surface area contributed by atoms with Crippen molar-refractivity contribution in [3.05, 3.63) is 77.5 Å². The van der Waals surface area contributed by atoms with Gasteiger partial charge in [0.15, 0.2) is 0 Å². The minimum atomic E-state index is -0.393. The number of nitrogens with one attached hydrogen (secondary N) is 1. The van der Waals surface area contributed by atoms with Gasteiger partial charge in [-0.1, -0.05) is 42.5 Å². The summed E-state index contributed by atoms with van der Waals surface area (Å²) >= 11 is 0. The number of aromatic amines is 1. The van der Waals surface area contributed by atoms with E-state index in [1.807, 2.05) is 60.8 Å². The van der Waals surface area contributed by atoms with Gasteiger partial charge in [-0.05, 0) is 29.3 Å². The predicted molar refractivity (Wildman–Crippen MR) is 99.3 cm³/mol. The molecule has 0 atom stereocenters. The van der Waals surface area contributed by atoms with Gasteiger partial charge in [0.05, 0.1) is 18.8 Å². The number of carbonyl (C=O) groups excluding carboxylic acids is 1. The summed E-state index contributed by atoms with van der Waals surface area (Å²) in [7, 11) is 1.34. The summed E-state index contributed by atoms with van der Waals surface area (Å²) < 4.78 is 4.57. The number of nitriles is 1. The fourth-order valence-corrected chi connectivity index (χ4v) is 2.57. The van der Waals surface area contributed by atoms with E-state index in [0.29, 0.717) is 5.57 Å². The lowest BCUT2D eigenvalue weighted by Crippen LogP contribution is -1.93. The van der Waals surface area contributed by atoms with Crippen LogP contribution in [0.25, 0.3) is 28.6 Å². The summed E-state index contributed by atoms with van der Waals surface area (Å²) in [5, 5.41) is 10.6. The number of rotatable bonds is 4. The summed E-state index contributed by atoms with van der Waals surface area (Å²) in [5.74, 6) is -0.393. The van der Waals surface area contributed by atoms with E-state index >= 15 is 0 Å². The highest BCUT2D eigenvalue weighted by atomic mass is 16.5. The third-order valence-electron chi connectivity index (χ3n) is 3.86. The van der Waals surface area contributed by atoms with Gasteiger partial charge in [-0.15, -0.1) is 0 Å². The zero-order valence-corrected chi connectivity index (χ0v) is 13.7. The van der Waals surface area contributed by atoms with Crippen LogP contribution in [-0.2, 0) is 9.53 Å². The Morgan fingerprint density at radius 1 is 1.12 bits per heavy atom. The average molecular weight is 328 g/mol. The highest BCUT2D eigenvalue weighted by Gasteiger charge is 2.08. The van der Waals surface area contributed by atoms with Crippen LogP contribution in [0.4, 0.5) is 0 Å². The first kappa shape index (κ1) is 16.3. The van der Waals surface area contributed by atoms with Crippen LogP contribution in [0.1, 0.15) is 16.7 Å². The van der Waals surface area contributed by atoms with Gasteiger partial charge < -0.3 is 9.72 Å². The number of H-pyrrole nitrogens is 1. The largest absolute Gasteiger partial charge is 0.466 e. The first-order valence-electron chi connectivity index (χ1n) is 7.75. The van der Waals surface area contributed by atoms with E-state index in [1.165, 1.54) is 13.2 Å². The van der Waals surface area contributed by atoms with E-state index in [1.54, 1.807) is 6.08 Å². The van der Waals surface area contributed by atoms with Gasteiger partial charge in [-0.3, -0.25) is 0 Å². The Morgan fingerprint density at radius 2 is 1.84 bits per heavy atom. The lowest BCUT2D eigenvalue weighted by molar-refractivity contribution is -0.134.